The Morgan fingerprint density at radius 3 is 2.47 bits per heavy atom. The van der Waals surface area contributed by atoms with Crippen molar-refractivity contribution in [3.05, 3.63) is 35.1 Å². The van der Waals surface area contributed by atoms with Crippen molar-refractivity contribution in [2.45, 2.75) is 6.54 Å². The Labute approximate surface area is 112 Å². The summed E-state index contributed by atoms with van der Waals surface area (Å²) in [5.74, 6) is 4.93. The van der Waals surface area contributed by atoms with E-state index in [1.165, 1.54) is 6.07 Å². The lowest BCUT2D eigenvalue weighted by Crippen LogP contribution is -2.29. The van der Waals surface area contributed by atoms with Crippen LogP contribution in [0.5, 0.6) is 0 Å². The lowest BCUT2D eigenvalue weighted by atomic mass is 10.1. The molecule has 0 aliphatic rings. The first-order valence-electron chi connectivity index (χ1n) is 6.12. The lowest BCUT2D eigenvalue weighted by Gasteiger charge is -2.20. The highest BCUT2D eigenvalue weighted by atomic mass is 19.1. The van der Waals surface area contributed by atoms with Crippen LogP contribution in [0.4, 0.5) is 4.39 Å². The first-order chi connectivity index (χ1) is 9.21. The fourth-order valence-electron chi connectivity index (χ4n) is 1.72. The molecule has 4 N–H and O–H groups in total. The zero-order valence-corrected chi connectivity index (χ0v) is 10.8. The van der Waals surface area contributed by atoms with Crippen molar-refractivity contribution in [3.63, 3.8) is 0 Å². The third-order valence-corrected chi connectivity index (χ3v) is 2.59. The lowest BCUT2D eigenvalue weighted by molar-refractivity contribution is 0.156. The van der Waals surface area contributed by atoms with Crippen molar-refractivity contribution in [3.8, 4) is 11.8 Å². The van der Waals surface area contributed by atoms with Crippen LogP contribution in [-0.2, 0) is 6.54 Å². The van der Waals surface area contributed by atoms with Crippen molar-refractivity contribution in [1.29, 1.82) is 0 Å². The Bertz CT molecular complexity index is 448. The number of nitrogens with two attached hydrogens (primary N) is 1. The summed E-state index contributed by atoms with van der Waals surface area (Å²) in [5, 5.41) is 17.9. The summed E-state index contributed by atoms with van der Waals surface area (Å²) in [6.07, 6.45) is 0. The topological polar surface area (TPSA) is 69.7 Å². The highest BCUT2D eigenvalue weighted by molar-refractivity contribution is 5.38. The van der Waals surface area contributed by atoms with Gasteiger partial charge in [0.15, 0.2) is 0 Å². The molecule has 0 unspecified atom stereocenters. The van der Waals surface area contributed by atoms with Gasteiger partial charge in [-0.1, -0.05) is 17.9 Å². The quantitative estimate of drug-likeness (QED) is 0.630. The molecule has 104 valence electrons. The van der Waals surface area contributed by atoms with Gasteiger partial charge in [0.25, 0.3) is 0 Å². The minimum atomic E-state index is -0.374. The Hall–Kier alpha value is -1.45. The van der Waals surface area contributed by atoms with E-state index in [9.17, 15) is 4.39 Å². The second kappa shape index (κ2) is 8.62. The number of nitrogens with zero attached hydrogens (tertiary/aromatic N) is 1. The Morgan fingerprint density at radius 1 is 1.21 bits per heavy atom. The molecular formula is C14H19FN2O2. The van der Waals surface area contributed by atoms with Crippen LogP contribution < -0.4 is 5.73 Å². The SMILES string of the molecule is NCC#Cc1cc(CN(CCO)CCO)ccc1F. The molecule has 0 aliphatic carbocycles. The maximum absolute atomic E-state index is 13.5. The van der Waals surface area contributed by atoms with Gasteiger partial charge in [-0.15, -0.1) is 0 Å². The third kappa shape index (κ3) is 5.37. The number of hydrogen-bond donors (Lipinski definition) is 3. The number of aliphatic hydroxyl groups excluding tert-OH is 2. The molecule has 1 aromatic rings. The van der Waals surface area contributed by atoms with E-state index < -0.39 is 0 Å². The van der Waals surface area contributed by atoms with E-state index in [4.69, 9.17) is 15.9 Å². The summed E-state index contributed by atoms with van der Waals surface area (Å²) in [4.78, 5) is 1.88. The van der Waals surface area contributed by atoms with Gasteiger partial charge in [0.1, 0.15) is 5.82 Å². The second-order valence-electron chi connectivity index (χ2n) is 4.04. The van der Waals surface area contributed by atoms with Crippen molar-refractivity contribution < 1.29 is 14.6 Å². The van der Waals surface area contributed by atoms with Crippen LogP contribution in [0.2, 0.25) is 0 Å². The van der Waals surface area contributed by atoms with Crippen LogP contribution in [0.3, 0.4) is 0 Å². The molecule has 0 fully saturated rings. The predicted octanol–water partition coefficient (Wildman–Crippen LogP) is -0.0775. The number of halogens is 1. The zero-order valence-electron chi connectivity index (χ0n) is 10.8. The van der Waals surface area contributed by atoms with Gasteiger partial charge in [-0.2, -0.15) is 0 Å². The fourth-order valence-corrected chi connectivity index (χ4v) is 1.72. The summed E-state index contributed by atoms with van der Waals surface area (Å²) >= 11 is 0. The maximum atomic E-state index is 13.5. The van der Waals surface area contributed by atoms with Gasteiger partial charge in [0, 0.05) is 19.6 Å². The van der Waals surface area contributed by atoms with Crippen molar-refractivity contribution in [1.82, 2.24) is 4.90 Å². The average molecular weight is 266 g/mol. The number of aliphatic hydroxyl groups is 2. The molecule has 19 heavy (non-hydrogen) atoms. The third-order valence-electron chi connectivity index (χ3n) is 2.59. The van der Waals surface area contributed by atoms with Gasteiger partial charge in [0.05, 0.1) is 25.3 Å². The van der Waals surface area contributed by atoms with Gasteiger partial charge in [-0.3, -0.25) is 4.90 Å². The second-order valence-corrected chi connectivity index (χ2v) is 4.04. The van der Waals surface area contributed by atoms with Gasteiger partial charge >= 0.3 is 0 Å². The van der Waals surface area contributed by atoms with E-state index in [1.54, 1.807) is 12.1 Å². The zero-order chi connectivity index (χ0) is 14.1. The van der Waals surface area contributed by atoms with E-state index in [2.05, 4.69) is 11.8 Å². The van der Waals surface area contributed by atoms with Crippen LogP contribution in [0.1, 0.15) is 11.1 Å². The summed E-state index contributed by atoms with van der Waals surface area (Å²) in [5.41, 5.74) is 6.46. The molecule has 0 atom stereocenters. The smallest absolute Gasteiger partial charge is 0.138 e. The van der Waals surface area contributed by atoms with E-state index in [0.29, 0.717) is 25.2 Å². The monoisotopic (exact) mass is 266 g/mol. The van der Waals surface area contributed by atoms with E-state index in [0.717, 1.165) is 5.56 Å². The van der Waals surface area contributed by atoms with Gasteiger partial charge in [-0.25, -0.2) is 4.39 Å². The van der Waals surface area contributed by atoms with Crippen LogP contribution in [0.25, 0.3) is 0 Å². The maximum Gasteiger partial charge on any atom is 0.138 e. The molecule has 1 aromatic carbocycles. The van der Waals surface area contributed by atoms with Crippen molar-refractivity contribution >= 4 is 0 Å². The number of hydrogen-bond acceptors (Lipinski definition) is 4. The molecule has 0 spiro atoms. The van der Waals surface area contributed by atoms with Gasteiger partial charge < -0.3 is 15.9 Å². The average Bonchev–Trinajstić information content (AvgIpc) is 2.40. The summed E-state index contributed by atoms with van der Waals surface area (Å²) in [6.45, 7) is 1.66. The molecule has 4 nitrogen and oxygen atoms in total. The molecule has 0 amide bonds. The van der Waals surface area contributed by atoms with Crippen molar-refractivity contribution in [2.24, 2.45) is 5.73 Å². The molecule has 0 aliphatic heterocycles. The first kappa shape index (κ1) is 15.6. The summed E-state index contributed by atoms with van der Waals surface area (Å²) in [6, 6.07) is 4.70. The summed E-state index contributed by atoms with van der Waals surface area (Å²) < 4.78 is 13.5. The van der Waals surface area contributed by atoms with Crippen molar-refractivity contribution in [2.75, 3.05) is 32.8 Å². The van der Waals surface area contributed by atoms with Crippen LogP contribution in [0.15, 0.2) is 18.2 Å². The molecule has 0 aromatic heterocycles. The first-order valence-corrected chi connectivity index (χ1v) is 6.12. The molecule has 0 radical (unpaired) electrons. The largest absolute Gasteiger partial charge is 0.395 e. The molecule has 5 heteroatoms. The molecule has 0 saturated heterocycles. The highest BCUT2D eigenvalue weighted by Crippen LogP contribution is 2.11. The minimum absolute atomic E-state index is 0.0149. The number of rotatable bonds is 6. The van der Waals surface area contributed by atoms with Gasteiger partial charge in [-0.05, 0) is 17.7 Å². The van der Waals surface area contributed by atoms with E-state index >= 15 is 0 Å². The van der Waals surface area contributed by atoms with Crippen LogP contribution >= 0.6 is 0 Å². The van der Waals surface area contributed by atoms with E-state index in [1.807, 2.05) is 4.90 Å². The van der Waals surface area contributed by atoms with Crippen LogP contribution in [0, 0.1) is 17.7 Å². The summed E-state index contributed by atoms with van der Waals surface area (Å²) in [7, 11) is 0. The van der Waals surface area contributed by atoms with Crippen LogP contribution in [-0.4, -0.2) is 48.0 Å². The predicted molar refractivity (Wildman–Crippen MR) is 71.8 cm³/mol. The fraction of sp³-hybridized carbons (Fsp3) is 0.429. The Morgan fingerprint density at radius 2 is 1.89 bits per heavy atom. The molecular weight excluding hydrogens is 247 g/mol. The molecule has 1 rings (SSSR count). The Balaban J connectivity index is 2.82. The minimum Gasteiger partial charge on any atom is -0.395 e. The molecule has 0 saturated carbocycles. The molecule has 0 bridgehead atoms. The Kier molecular flexibility index (Phi) is 7.08. The van der Waals surface area contributed by atoms with E-state index in [-0.39, 0.29) is 25.6 Å². The highest BCUT2D eigenvalue weighted by Gasteiger charge is 2.07. The molecule has 0 heterocycles. The van der Waals surface area contributed by atoms with Gasteiger partial charge in [0.2, 0.25) is 0 Å². The standard InChI is InChI=1S/C14H19FN2O2/c15-14-4-3-12(10-13(14)2-1-5-16)11-17(6-8-18)7-9-19/h3-4,10,18-19H,5-9,11,16H2. The normalized spacial score (nSPS) is 10.4. The number of benzene rings is 1.